The predicted octanol–water partition coefficient (Wildman–Crippen LogP) is 2.50. The summed E-state index contributed by atoms with van der Waals surface area (Å²) in [6, 6.07) is 6.17. The summed E-state index contributed by atoms with van der Waals surface area (Å²) in [4.78, 5) is 4.89. The molecule has 0 aromatic heterocycles. The van der Waals surface area contributed by atoms with Crippen LogP contribution in [-0.2, 0) is 11.3 Å². The van der Waals surface area contributed by atoms with Crippen molar-refractivity contribution in [2.45, 2.75) is 6.42 Å². The second-order valence-corrected chi connectivity index (χ2v) is 3.75. The minimum absolute atomic E-state index is 0.961. The molecule has 1 aromatic carbocycles. The monoisotopic (exact) mass is 239 g/mol. The van der Waals surface area contributed by atoms with Crippen LogP contribution in [-0.4, -0.2) is 7.11 Å². The Bertz CT molecular complexity index is 360. The van der Waals surface area contributed by atoms with Crippen LogP contribution in [0.3, 0.4) is 0 Å². The van der Waals surface area contributed by atoms with Crippen LogP contribution in [0.4, 0.5) is 0 Å². The Morgan fingerprint density at radius 2 is 2.31 bits per heavy atom. The summed E-state index contributed by atoms with van der Waals surface area (Å²) in [6.45, 7) is 0. The van der Waals surface area contributed by atoms with Crippen LogP contribution in [0.5, 0.6) is 0 Å². The van der Waals surface area contributed by atoms with Gasteiger partial charge in [-0.2, -0.15) is 0 Å². The molecule has 0 amide bonds. The quantitative estimate of drug-likeness (QED) is 0.802. The third-order valence-electron chi connectivity index (χ3n) is 2.13. The molecule has 1 aliphatic rings. The highest BCUT2D eigenvalue weighted by Crippen LogP contribution is 2.30. The number of benzene rings is 1. The van der Waals surface area contributed by atoms with E-state index in [-0.39, 0.29) is 0 Å². The van der Waals surface area contributed by atoms with Crippen LogP contribution in [0.25, 0.3) is 5.70 Å². The molecule has 2 nitrogen and oxygen atoms in total. The van der Waals surface area contributed by atoms with Crippen molar-refractivity contribution in [2.24, 2.45) is 0 Å². The number of hydrogen-bond acceptors (Lipinski definition) is 2. The fourth-order valence-electron chi connectivity index (χ4n) is 1.54. The van der Waals surface area contributed by atoms with Crippen LogP contribution in [0.1, 0.15) is 11.1 Å². The fraction of sp³-hybridized carbons (Fsp3) is 0.200. The third kappa shape index (κ3) is 1.49. The SMILES string of the molecule is CONC1=CCc2c(Br)cccc21. The first-order chi connectivity index (χ1) is 6.33. The van der Waals surface area contributed by atoms with Gasteiger partial charge in [0.05, 0.1) is 12.8 Å². The Morgan fingerprint density at radius 1 is 1.46 bits per heavy atom. The molecule has 1 aliphatic carbocycles. The molecule has 0 saturated carbocycles. The maximum atomic E-state index is 4.89. The number of nitrogens with one attached hydrogen (secondary N) is 1. The van der Waals surface area contributed by atoms with E-state index in [4.69, 9.17) is 4.84 Å². The summed E-state index contributed by atoms with van der Waals surface area (Å²) in [5.41, 5.74) is 6.46. The summed E-state index contributed by atoms with van der Waals surface area (Å²) < 4.78 is 1.16. The van der Waals surface area contributed by atoms with Crippen LogP contribution in [0, 0.1) is 0 Å². The molecule has 0 radical (unpaired) electrons. The average Bonchev–Trinajstić information content (AvgIpc) is 2.51. The van der Waals surface area contributed by atoms with Gasteiger partial charge in [-0.05, 0) is 18.1 Å². The zero-order valence-electron chi connectivity index (χ0n) is 7.30. The summed E-state index contributed by atoms with van der Waals surface area (Å²) >= 11 is 3.52. The largest absolute Gasteiger partial charge is 0.279 e. The lowest BCUT2D eigenvalue weighted by molar-refractivity contribution is 0.137. The van der Waals surface area contributed by atoms with Gasteiger partial charge in [0.25, 0.3) is 0 Å². The Kier molecular flexibility index (Phi) is 2.38. The number of halogens is 1. The molecule has 3 heteroatoms. The van der Waals surface area contributed by atoms with Crippen molar-refractivity contribution in [3.8, 4) is 0 Å². The lowest BCUT2D eigenvalue weighted by atomic mass is 10.1. The van der Waals surface area contributed by atoms with Crippen molar-refractivity contribution >= 4 is 21.6 Å². The Morgan fingerprint density at radius 3 is 3.08 bits per heavy atom. The van der Waals surface area contributed by atoms with Crippen molar-refractivity contribution in [1.82, 2.24) is 5.48 Å². The van der Waals surface area contributed by atoms with Gasteiger partial charge >= 0.3 is 0 Å². The molecule has 0 spiro atoms. The van der Waals surface area contributed by atoms with Crippen LogP contribution in [0.2, 0.25) is 0 Å². The summed E-state index contributed by atoms with van der Waals surface area (Å²) in [6.07, 6.45) is 3.08. The number of fused-ring (bicyclic) bond motifs is 1. The number of hydroxylamine groups is 1. The van der Waals surface area contributed by atoms with Crippen LogP contribution >= 0.6 is 15.9 Å². The Hall–Kier alpha value is -0.800. The molecule has 0 fully saturated rings. The molecule has 68 valence electrons. The molecule has 0 aliphatic heterocycles. The van der Waals surface area contributed by atoms with Gasteiger partial charge in [0.1, 0.15) is 0 Å². The molecular formula is C10H10BrNO. The van der Waals surface area contributed by atoms with Gasteiger partial charge in [0.15, 0.2) is 0 Å². The van der Waals surface area contributed by atoms with E-state index in [0.717, 1.165) is 16.6 Å². The van der Waals surface area contributed by atoms with Crippen molar-refractivity contribution < 1.29 is 4.84 Å². The van der Waals surface area contributed by atoms with E-state index in [9.17, 15) is 0 Å². The molecule has 1 N–H and O–H groups in total. The van der Waals surface area contributed by atoms with Gasteiger partial charge in [0.2, 0.25) is 0 Å². The molecule has 0 unspecified atom stereocenters. The van der Waals surface area contributed by atoms with Gasteiger partial charge in [0, 0.05) is 10.0 Å². The highest BCUT2D eigenvalue weighted by atomic mass is 79.9. The first-order valence-electron chi connectivity index (χ1n) is 4.10. The predicted molar refractivity (Wildman–Crippen MR) is 56.0 cm³/mol. The van der Waals surface area contributed by atoms with Gasteiger partial charge in [-0.15, -0.1) is 0 Å². The van der Waals surface area contributed by atoms with E-state index in [2.05, 4.69) is 39.6 Å². The number of hydrogen-bond donors (Lipinski definition) is 1. The maximum absolute atomic E-state index is 4.89. The minimum Gasteiger partial charge on any atom is -0.279 e. The molecule has 1 aromatic rings. The second-order valence-electron chi connectivity index (χ2n) is 2.89. The van der Waals surface area contributed by atoms with Crippen molar-refractivity contribution in [1.29, 1.82) is 0 Å². The molecule has 13 heavy (non-hydrogen) atoms. The van der Waals surface area contributed by atoms with E-state index in [1.807, 2.05) is 6.07 Å². The van der Waals surface area contributed by atoms with E-state index in [1.165, 1.54) is 11.1 Å². The highest BCUT2D eigenvalue weighted by molar-refractivity contribution is 9.10. The molecule has 0 bridgehead atoms. The normalized spacial score (nSPS) is 13.8. The smallest absolute Gasteiger partial charge is 0.0643 e. The zero-order chi connectivity index (χ0) is 9.26. The van der Waals surface area contributed by atoms with E-state index >= 15 is 0 Å². The van der Waals surface area contributed by atoms with Gasteiger partial charge < -0.3 is 0 Å². The standard InChI is InChI=1S/C10H10BrNO/c1-13-12-10-6-5-7-8(10)3-2-4-9(7)11/h2-4,6,12H,5H2,1H3. The lowest BCUT2D eigenvalue weighted by Crippen LogP contribution is -2.08. The highest BCUT2D eigenvalue weighted by Gasteiger charge is 2.15. The van der Waals surface area contributed by atoms with Crippen molar-refractivity contribution in [3.05, 3.63) is 39.9 Å². The second kappa shape index (κ2) is 3.52. The third-order valence-corrected chi connectivity index (χ3v) is 2.87. The van der Waals surface area contributed by atoms with Gasteiger partial charge in [-0.3, -0.25) is 10.3 Å². The lowest BCUT2D eigenvalue weighted by Gasteiger charge is -2.07. The zero-order valence-corrected chi connectivity index (χ0v) is 8.89. The Labute approximate surface area is 85.7 Å². The summed E-state index contributed by atoms with van der Waals surface area (Å²) in [5.74, 6) is 0. The van der Waals surface area contributed by atoms with Crippen LogP contribution in [0.15, 0.2) is 28.7 Å². The molecule has 0 saturated heterocycles. The number of allylic oxidation sites excluding steroid dienone is 1. The first kappa shape index (κ1) is 8.78. The molecular weight excluding hydrogens is 230 g/mol. The van der Waals surface area contributed by atoms with Gasteiger partial charge in [-0.25, -0.2) is 0 Å². The Balaban J connectivity index is 2.39. The summed E-state index contributed by atoms with van der Waals surface area (Å²) in [7, 11) is 1.62. The maximum Gasteiger partial charge on any atom is 0.0643 e. The molecule has 2 rings (SSSR count). The van der Waals surface area contributed by atoms with Crippen molar-refractivity contribution in [3.63, 3.8) is 0 Å². The van der Waals surface area contributed by atoms with E-state index in [0.29, 0.717) is 0 Å². The van der Waals surface area contributed by atoms with Crippen LogP contribution < -0.4 is 5.48 Å². The van der Waals surface area contributed by atoms with Crippen molar-refractivity contribution in [2.75, 3.05) is 7.11 Å². The topological polar surface area (TPSA) is 21.3 Å². The van der Waals surface area contributed by atoms with E-state index in [1.54, 1.807) is 7.11 Å². The average molecular weight is 240 g/mol. The van der Waals surface area contributed by atoms with E-state index < -0.39 is 0 Å². The first-order valence-corrected chi connectivity index (χ1v) is 4.89. The fourth-order valence-corrected chi connectivity index (χ4v) is 2.07. The molecule has 0 heterocycles. The minimum atomic E-state index is 0.961. The number of rotatable bonds is 2. The van der Waals surface area contributed by atoms with Gasteiger partial charge in [-0.1, -0.05) is 34.1 Å². The summed E-state index contributed by atoms with van der Waals surface area (Å²) in [5, 5.41) is 0. The molecule has 0 atom stereocenters.